The summed E-state index contributed by atoms with van der Waals surface area (Å²) in [5.41, 5.74) is 0.937. The van der Waals surface area contributed by atoms with Crippen molar-refractivity contribution < 1.29 is 18.3 Å². The Balaban J connectivity index is 2.27. The fraction of sp³-hybridized carbons (Fsp3) is 0.182. The molecule has 0 aliphatic carbocycles. The molecule has 20 heavy (non-hydrogen) atoms. The third kappa shape index (κ3) is 3.32. The van der Waals surface area contributed by atoms with Crippen molar-refractivity contribution in [2.45, 2.75) is 0 Å². The lowest BCUT2D eigenvalue weighted by Gasteiger charge is -2.07. The lowest BCUT2D eigenvalue weighted by atomic mass is 10.2. The van der Waals surface area contributed by atoms with Crippen LogP contribution in [-0.4, -0.2) is 40.0 Å². The summed E-state index contributed by atoms with van der Waals surface area (Å²) in [5.74, 6) is -1.83. The Bertz CT molecular complexity index is 738. The van der Waals surface area contributed by atoms with Crippen molar-refractivity contribution in [2.24, 2.45) is 7.05 Å². The third-order valence-electron chi connectivity index (χ3n) is 2.42. The molecule has 0 saturated heterocycles. The molecule has 0 fully saturated rings. The SMILES string of the molecule is Cn1cnnc1-c1cccc(NS(=O)(=O)CC(=O)O)c1. The number of aryl methyl sites for hydroxylation is 1. The molecule has 0 aliphatic rings. The molecule has 0 unspecified atom stereocenters. The van der Waals surface area contributed by atoms with Gasteiger partial charge in [0.1, 0.15) is 6.33 Å². The zero-order valence-corrected chi connectivity index (χ0v) is 11.3. The summed E-state index contributed by atoms with van der Waals surface area (Å²) in [4.78, 5) is 10.5. The molecule has 0 saturated carbocycles. The van der Waals surface area contributed by atoms with Gasteiger partial charge in [0.05, 0.1) is 0 Å². The smallest absolute Gasteiger partial charge is 0.320 e. The maximum absolute atomic E-state index is 11.5. The molecular formula is C11H12N4O4S. The number of sulfonamides is 1. The van der Waals surface area contributed by atoms with Crippen molar-refractivity contribution >= 4 is 21.7 Å². The number of hydrogen-bond acceptors (Lipinski definition) is 5. The first-order valence-electron chi connectivity index (χ1n) is 5.54. The average Bonchev–Trinajstić information content (AvgIpc) is 2.73. The van der Waals surface area contributed by atoms with Crippen LogP contribution in [0.5, 0.6) is 0 Å². The number of anilines is 1. The second-order valence-corrected chi connectivity index (χ2v) is 5.82. The van der Waals surface area contributed by atoms with E-state index in [0.29, 0.717) is 11.4 Å². The summed E-state index contributed by atoms with van der Waals surface area (Å²) in [5, 5.41) is 16.2. The molecular weight excluding hydrogens is 284 g/mol. The van der Waals surface area contributed by atoms with Gasteiger partial charge in [-0.1, -0.05) is 12.1 Å². The van der Waals surface area contributed by atoms with Crippen molar-refractivity contribution in [3.05, 3.63) is 30.6 Å². The topological polar surface area (TPSA) is 114 Å². The maximum Gasteiger partial charge on any atom is 0.320 e. The zero-order chi connectivity index (χ0) is 14.8. The first-order chi connectivity index (χ1) is 9.37. The molecule has 106 valence electrons. The van der Waals surface area contributed by atoms with Crippen LogP contribution in [0.1, 0.15) is 0 Å². The van der Waals surface area contributed by atoms with E-state index in [-0.39, 0.29) is 5.69 Å². The fourth-order valence-electron chi connectivity index (χ4n) is 1.64. The quantitative estimate of drug-likeness (QED) is 0.820. The summed E-state index contributed by atoms with van der Waals surface area (Å²) in [7, 11) is -2.16. The van der Waals surface area contributed by atoms with Crippen LogP contribution in [0.3, 0.4) is 0 Å². The van der Waals surface area contributed by atoms with Crippen molar-refractivity contribution in [3.8, 4) is 11.4 Å². The molecule has 8 nitrogen and oxygen atoms in total. The third-order valence-corrected chi connectivity index (χ3v) is 3.59. The number of aromatic nitrogens is 3. The van der Waals surface area contributed by atoms with E-state index in [1.165, 1.54) is 12.4 Å². The van der Waals surface area contributed by atoms with E-state index in [1.54, 1.807) is 29.8 Å². The van der Waals surface area contributed by atoms with Gasteiger partial charge in [0.15, 0.2) is 11.6 Å². The van der Waals surface area contributed by atoms with Crippen LogP contribution >= 0.6 is 0 Å². The second kappa shape index (κ2) is 5.29. The van der Waals surface area contributed by atoms with E-state index in [9.17, 15) is 13.2 Å². The number of carbonyl (C=O) groups is 1. The second-order valence-electron chi connectivity index (χ2n) is 4.10. The standard InChI is InChI=1S/C11H12N4O4S/c1-15-7-12-13-11(15)8-3-2-4-9(5-8)14-20(18,19)6-10(16)17/h2-5,7,14H,6H2,1H3,(H,16,17). The van der Waals surface area contributed by atoms with Gasteiger partial charge in [-0.05, 0) is 12.1 Å². The van der Waals surface area contributed by atoms with Crippen LogP contribution in [0.4, 0.5) is 5.69 Å². The van der Waals surface area contributed by atoms with Gasteiger partial charge in [0.25, 0.3) is 0 Å². The predicted molar refractivity (Wildman–Crippen MR) is 71.5 cm³/mol. The summed E-state index contributed by atoms with van der Waals surface area (Å²) in [6.07, 6.45) is 1.52. The Kier molecular flexibility index (Phi) is 3.70. The highest BCUT2D eigenvalue weighted by Crippen LogP contribution is 2.20. The first-order valence-corrected chi connectivity index (χ1v) is 7.19. The molecule has 0 aliphatic heterocycles. The van der Waals surface area contributed by atoms with Gasteiger partial charge in [-0.15, -0.1) is 10.2 Å². The van der Waals surface area contributed by atoms with E-state index >= 15 is 0 Å². The van der Waals surface area contributed by atoms with Crippen LogP contribution in [0, 0.1) is 0 Å². The van der Waals surface area contributed by atoms with Crippen LogP contribution in [0.15, 0.2) is 30.6 Å². The highest BCUT2D eigenvalue weighted by atomic mass is 32.2. The van der Waals surface area contributed by atoms with E-state index in [2.05, 4.69) is 14.9 Å². The predicted octanol–water partition coefficient (Wildman–Crippen LogP) is 0.308. The van der Waals surface area contributed by atoms with Gasteiger partial charge < -0.3 is 9.67 Å². The molecule has 2 aromatic rings. The number of benzene rings is 1. The number of rotatable bonds is 5. The highest BCUT2D eigenvalue weighted by molar-refractivity contribution is 7.93. The average molecular weight is 296 g/mol. The van der Waals surface area contributed by atoms with Gasteiger partial charge >= 0.3 is 5.97 Å². The molecule has 1 aromatic heterocycles. The van der Waals surface area contributed by atoms with Gasteiger partial charge in [-0.25, -0.2) is 8.42 Å². The van der Waals surface area contributed by atoms with Crippen LogP contribution in [0.2, 0.25) is 0 Å². The minimum Gasteiger partial charge on any atom is -0.480 e. The normalized spacial score (nSPS) is 11.2. The Hall–Kier alpha value is -2.42. The lowest BCUT2D eigenvalue weighted by molar-refractivity contribution is -0.134. The van der Waals surface area contributed by atoms with Crippen LogP contribution < -0.4 is 4.72 Å². The molecule has 2 rings (SSSR count). The van der Waals surface area contributed by atoms with Crippen LogP contribution in [0.25, 0.3) is 11.4 Å². The molecule has 0 spiro atoms. The Morgan fingerprint density at radius 3 is 2.80 bits per heavy atom. The highest BCUT2D eigenvalue weighted by Gasteiger charge is 2.16. The molecule has 0 radical (unpaired) electrons. The van der Waals surface area contributed by atoms with Gasteiger partial charge in [0, 0.05) is 18.3 Å². The monoisotopic (exact) mass is 296 g/mol. The summed E-state index contributed by atoms with van der Waals surface area (Å²) in [6.45, 7) is 0. The molecule has 1 aromatic carbocycles. The van der Waals surface area contributed by atoms with Crippen molar-refractivity contribution in [3.63, 3.8) is 0 Å². The number of carboxylic acids is 1. The number of carboxylic acid groups (broad SMARTS) is 1. The summed E-state index contributed by atoms with van der Waals surface area (Å²) in [6, 6.07) is 6.48. The van der Waals surface area contributed by atoms with Crippen molar-refractivity contribution in [2.75, 3.05) is 10.5 Å². The van der Waals surface area contributed by atoms with Crippen molar-refractivity contribution in [1.82, 2.24) is 14.8 Å². The Morgan fingerprint density at radius 1 is 1.45 bits per heavy atom. The van der Waals surface area contributed by atoms with Gasteiger partial charge in [-0.3, -0.25) is 9.52 Å². The van der Waals surface area contributed by atoms with E-state index in [0.717, 1.165) is 0 Å². The maximum atomic E-state index is 11.5. The first kappa shape index (κ1) is 14.0. The number of aliphatic carboxylic acids is 1. The van der Waals surface area contributed by atoms with Crippen molar-refractivity contribution in [1.29, 1.82) is 0 Å². The van der Waals surface area contributed by atoms with Crippen LogP contribution in [-0.2, 0) is 21.9 Å². The number of nitrogens with zero attached hydrogens (tertiary/aromatic N) is 3. The fourth-order valence-corrected chi connectivity index (χ4v) is 2.53. The van der Waals surface area contributed by atoms with E-state index in [4.69, 9.17) is 5.11 Å². The van der Waals surface area contributed by atoms with E-state index < -0.39 is 21.7 Å². The molecule has 2 N–H and O–H groups in total. The molecule has 0 bridgehead atoms. The number of hydrogen-bond donors (Lipinski definition) is 2. The molecule has 1 heterocycles. The number of nitrogens with one attached hydrogen (secondary N) is 1. The summed E-state index contributed by atoms with van der Waals surface area (Å²) >= 11 is 0. The zero-order valence-electron chi connectivity index (χ0n) is 10.5. The lowest BCUT2D eigenvalue weighted by Crippen LogP contribution is -2.22. The van der Waals surface area contributed by atoms with Gasteiger partial charge in [0.2, 0.25) is 10.0 Å². The minimum absolute atomic E-state index is 0.270. The molecule has 9 heteroatoms. The Morgan fingerprint density at radius 2 is 2.20 bits per heavy atom. The van der Waals surface area contributed by atoms with Gasteiger partial charge in [-0.2, -0.15) is 0 Å². The summed E-state index contributed by atoms with van der Waals surface area (Å²) < 4.78 is 27.0. The molecule has 0 amide bonds. The Labute approximate surface area is 115 Å². The minimum atomic E-state index is -3.92. The molecule has 0 atom stereocenters. The largest absolute Gasteiger partial charge is 0.480 e. The van der Waals surface area contributed by atoms with E-state index in [1.807, 2.05) is 0 Å².